The molecule has 1 fully saturated rings. The minimum Gasteiger partial charge on any atom is -0.493 e. The molecule has 4 rings (SSSR count). The van der Waals surface area contributed by atoms with Gasteiger partial charge in [-0.2, -0.15) is 0 Å². The van der Waals surface area contributed by atoms with E-state index in [1.807, 2.05) is 56.3 Å². The molecule has 0 N–H and O–H groups in total. The first-order valence-electron chi connectivity index (χ1n) is 12.5. The smallest absolute Gasteiger partial charge is 0.342 e. The Bertz CT molecular complexity index is 1180. The summed E-state index contributed by atoms with van der Waals surface area (Å²) in [5, 5.41) is 0. The van der Waals surface area contributed by atoms with E-state index in [-0.39, 0.29) is 12.1 Å². The first-order valence-corrected chi connectivity index (χ1v) is 12.5. The highest BCUT2D eigenvalue weighted by atomic mass is 16.5. The van der Waals surface area contributed by atoms with E-state index >= 15 is 0 Å². The molecule has 1 aromatic heterocycles. The molecular weight excluding hydrogens is 470 g/mol. The summed E-state index contributed by atoms with van der Waals surface area (Å²) in [7, 11) is 3.26. The van der Waals surface area contributed by atoms with Crippen molar-refractivity contribution in [3.05, 3.63) is 77.5 Å². The summed E-state index contributed by atoms with van der Waals surface area (Å²) < 4.78 is 22.7. The van der Waals surface area contributed by atoms with E-state index in [9.17, 15) is 4.79 Å². The van der Waals surface area contributed by atoms with E-state index < -0.39 is 0 Å². The maximum Gasteiger partial charge on any atom is 0.342 e. The lowest BCUT2D eigenvalue weighted by Crippen LogP contribution is -2.46. The van der Waals surface area contributed by atoms with E-state index in [0.717, 1.165) is 43.1 Å². The number of piperazine rings is 1. The summed E-state index contributed by atoms with van der Waals surface area (Å²) in [5.41, 5.74) is 2.63. The van der Waals surface area contributed by atoms with E-state index in [0.29, 0.717) is 36.0 Å². The molecule has 0 radical (unpaired) electrons. The summed E-state index contributed by atoms with van der Waals surface area (Å²) in [6.07, 6.45) is 1.53. The Balaban J connectivity index is 1.46. The average molecular weight is 506 g/mol. The summed E-state index contributed by atoms with van der Waals surface area (Å²) in [6, 6.07) is 17.5. The Morgan fingerprint density at radius 1 is 0.919 bits per heavy atom. The van der Waals surface area contributed by atoms with Gasteiger partial charge in [0.15, 0.2) is 11.5 Å². The monoisotopic (exact) mass is 505 g/mol. The Kier molecular flexibility index (Phi) is 8.85. The van der Waals surface area contributed by atoms with Crippen LogP contribution in [0.2, 0.25) is 0 Å². The highest BCUT2D eigenvalue weighted by molar-refractivity contribution is 5.94. The third kappa shape index (κ3) is 6.71. The zero-order valence-corrected chi connectivity index (χ0v) is 22.0. The molecule has 0 amide bonds. The molecule has 2 heterocycles. The number of rotatable bonds is 10. The number of hydrogen-bond acceptors (Lipinski definition) is 8. The van der Waals surface area contributed by atoms with Crippen molar-refractivity contribution in [3.63, 3.8) is 0 Å². The van der Waals surface area contributed by atoms with Gasteiger partial charge in [0.2, 0.25) is 0 Å². The molecule has 2 aromatic carbocycles. The second-order valence-electron chi connectivity index (χ2n) is 9.18. The van der Waals surface area contributed by atoms with E-state index in [1.165, 1.54) is 0 Å². The first kappa shape index (κ1) is 26.3. The normalized spacial score (nSPS) is 13.9. The number of carbonyl (C=O) groups is 1. The average Bonchev–Trinajstić information content (AvgIpc) is 2.92. The number of esters is 1. The second kappa shape index (κ2) is 12.5. The van der Waals surface area contributed by atoms with Crippen molar-refractivity contribution in [2.24, 2.45) is 0 Å². The van der Waals surface area contributed by atoms with Crippen molar-refractivity contribution >= 4 is 11.8 Å². The molecule has 1 saturated heterocycles. The van der Waals surface area contributed by atoms with Gasteiger partial charge in [0, 0.05) is 50.6 Å². The van der Waals surface area contributed by atoms with Crippen molar-refractivity contribution < 1.29 is 23.7 Å². The fraction of sp³-hybridized carbons (Fsp3) is 0.379. The summed E-state index contributed by atoms with van der Waals surface area (Å²) in [4.78, 5) is 21.6. The fourth-order valence-electron chi connectivity index (χ4n) is 4.34. The largest absolute Gasteiger partial charge is 0.493 e. The second-order valence-corrected chi connectivity index (χ2v) is 9.18. The van der Waals surface area contributed by atoms with Gasteiger partial charge in [-0.05, 0) is 37.6 Å². The van der Waals surface area contributed by atoms with Crippen molar-refractivity contribution in [2.75, 3.05) is 45.3 Å². The van der Waals surface area contributed by atoms with Crippen molar-refractivity contribution in [1.29, 1.82) is 0 Å². The molecule has 0 bridgehead atoms. The van der Waals surface area contributed by atoms with Crippen LogP contribution in [0.5, 0.6) is 17.2 Å². The zero-order chi connectivity index (χ0) is 26.2. The van der Waals surface area contributed by atoms with Gasteiger partial charge < -0.3 is 23.8 Å². The number of methoxy groups -OCH3 is 2. The number of ether oxygens (including phenoxy) is 4. The number of pyridine rings is 1. The highest BCUT2D eigenvalue weighted by Gasteiger charge is 2.25. The molecule has 3 aromatic rings. The van der Waals surface area contributed by atoms with Gasteiger partial charge in [-0.3, -0.25) is 4.90 Å². The van der Waals surface area contributed by atoms with Gasteiger partial charge in [-0.1, -0.05) is 30.3 Å². The number of nitrogens with zero attached hydrogens (tertiary/aromatic N) is 3. The van der Waals surface area contributed by atoms with Crippen LogP contribution in [0.15, 0.2) is 60.8 Å². The van der Waals surface area contributed by atoms with E-state index in [4.69, 9.17) is 18.9 Å². The van der Waals surface area contributed by atoms with Crippen LogP contribution < -0.4 is 19.1 Å². The lowest BCUT2D eigenvalue weighted by atomic mass is 10.1. The Morgan fingerprint density at radius 3 is 2.30 bits per heavy atom. The van der Waals surface area contributed by atoms with Crippen LogP contribution in [0.3, 0.4) is 0 Å². The predicted molar refractivity (Wildman–Crippen MR) is 143 cm³/mol. The number of benzene rings is 2. The number of anilines is 1. The Morgan fingerprint density at radius 2 is 1.62 bits per heavy atom. The quantitative estimate of drug-likeness (QED) is 0.371. The Hall–Kier alpha value is -3.78. The third-order valence-corrected chi connectivity index (χ3v) is 6.22. The lowest BCUT2D eigenvalue weighted by molar-refractivity contribution is 0.0378. The summed E-state index contributed by atoms with van der Waals surface area (Å²) >= 11 is 0. The number of carbonyl (C=O) groups excluding carboxylic acids is 1. The third-order valence-electron chi connectivity index (χ3n) is 6.22. The van der Waals surface area contributed by atoms with Gasteiger partial charge in [0.05, 0.1) is 20.3 Å². The maximum absolute atomic E-state index is 12.6. The van der Waals surface area contributed by atoms with E-state index in [1.54, 1.807) is 32.5 Å². The SMILES string of the molecule is COc1cc(CN2CCN(c3ncccc3C(=O)OC(C)C)CC2)c(OCc2ccccc2)cc1OC. The molecular formula is C29H35N3O5. The van der Waals surface area contributed by atoms with Gasteiger partial charge in [0.25, 0.3) is 0 Å². The topological polar surface area (TPSA) is 73.4 Å². The summed E-state index contributed by atoms with van der Waals surface area (Å²) in [6.45, 7) is 7.95. The zero-order valence-electron chi connectivity index (χ0n) is 22.0. The van der Waals surface area contributed by atoms with Crippen molar-refractivity contribution in [2.45, 2.75) is 33.1 Å². The molecule has 8 nitrogen and oxygen atoms in total. The van der Waals surface area contributed by atoms with Crippen LogP contribution in [-0.4, -0.2) is 62.4 Å². The molecule has 8 heteroatoms. The van der Waals surface area contributed by atoms with Crippen LogP contribution in [-0.2, 0) is 17.9 Å². The minimum atomic E-state index is -0.342. The van der Waals surface area contributed by atoms with Crippen LogP contribution in [0, 0.1) is 0 Å². The number of hydrogen-bond donors (Lipinski definition) is 0. The van der Waals surface area contributed by atoms with Gasteiger partial charge >= 0.3 is 5.97 Å². The molecule has 0 unspecified atom stereocenters. The van der Waals surface area contributed by atoms with E-state index in [2.05, 4.69) is 14.8 Å². The molecule has 37 heavy (non-hydrogen) atoms. The molecule has 0 saturated carbocycles. The Labute approximate surface area is 218 Å². The fourth-order valence-corrected chi connectivity index (χ4v) is 4.34. The minimum absolute atomic E-state index is 0.183. The predicted octanol–water partition coefficient (Wildman–Crippen LogP) is 4.57. The summed E-state index contributed by atoms with van der Waals surface area (Å²) in [5.74, 6) is 2.41. The van der Waals surface area contributed by atoms with Crippen LogP contribution in [0.25, 0.3) is 0 Å². The molecule has 1 aliphatic heterocycles. The van der Waals surface area contributed by atoms with Gasteiger partial charge in [-0.25, -0.2) is 9.78 Å². The van der Waals surface area contributed by atoms with Crippen molar-refractivity contribution in [1.82, 2.24) is 9.88 Å². The maximum atomic E-state index is 12.6. The highest BCUT2D eigenvalue weighted by Crippen LogP contribution is 2.36. The van der Waals surface area contributed by atoms with Crippen molar-refractivity contribution in [3.8, 4) is 17.2 Å². The molecule has 0 aliphatic carbocycles. The first-order chi connectivity index (χ1) is 18.0. The number of aromatic nitrogens is 1. The standard InChI is InChI=1S/C29H35N3O5/c1-21(2)37-29(33)24-11-8-12-30-28(24)32-15-13-31(14-16-32)19-23-17-26(34-3)27(35-4)18-25(23)36-20-22-9-6-5-7-10-22/h5-12,17-18,21H,13-16,19-20H2,1-4H3. The van der Waals surface area contributed by atoms with Gasteiger partial charge in [0.1, 0.15) is 23.7 Å². The van der Waals surface area contributed by atoms with Gasteiger partial charge in [-0.15, -0.1) is 0 Å². The van der Waals surface area contributed by atoms with Crippen LogP contribution in [0.4, 0.5) is 5.82 Å². The molecule has 196 valence electrons. The molecule has 0 spiro atoms. The van der Waals surface area contributed by atoms with Crippen LogP contribution in [0.1, 0.15) is 35.3 Å². The van der Waals surface area contributed by atoms with Crippen LogP contribution >= 0.6 is 0 Å². The molecule has 1 aliphatic rings. The molecule has 0 atom stereocenters. The lowest BCUT2D eigenvalue weighted by Gasteiger charge is -2.36.